The number of amides is 2. The van der Waals surface area contributed by atoms with Crippen molar-refractivity contribution in [3.63, 3.8) is 0 Å². The van der Waals surface area contributed by atoms with Crippen LogP contribution < -0.4 is 10.6 Å². The Morgan fingerprint density at radius 3 is 2.30 bits per heavy atom. The van der Waals surface area contributed by atoms with E-state index in [-0.39, 0.29) is 11.8 Å². The van der Waals surface area contributed by atoms with Gasteiger partial charge >= 0.3 is 0 Å². The van der Waals surface area contributed by atoms with E-state index in [0.29, 0.717) is 18.4 Å². The molecule has 4 nitrogen and oxygen atoms in total. The molecule has 2 amide bonds. The van der Waals surface area contributed by atoms with E-state index in [2.05, 4.69) is 10.6 Å². The molecule has 120 valence electrons. The second-order valence-electron chi connectivity index (χ2n) is 6.30. The molecule has 0 atom stereocenters. The van der Waals surface area contributed by atoms with Gasteiger partial charge in [0.25, 0.3) is 0 Å². The van der Waals surface area contributed by atoms with E-state index in [1.54, 1.807) is 12.2 Å². The third-order valence-corrected chi connectivity index (χ3v) is 3.94. The highest BCUT2D eigenvalue weighted by Gasteiger charge is 2.18. The lowest BCUT2D eigenvalue weighted by Crippen LogP contribution is -2.20. The molecule has 23 heavy (non-hydrogen) atoms. The fourth-order valence-corrected chi connectivity index (χ4v) is 2.22. The van der Waals surface area contributed by atoms with Gasteiger partial charge in [-0.2, -0.15) is 0 Å². The van der Waals surface area contributed by atoms with Crippen LogP contribution in [0.5, 0.6) is 0 Å². The van der Waals surface area contributed by atoms with E-state index in [0.717, 1.165) is 11.3 Å². The molecule has 2 aliphatic rings. The van der Waals surface area contributed by atoms with Crippen LogP contribution in [0, 0.1) is 11.8 Å². The number of carbonyl (C=O) groups is 2. The van der Waals surface area contributed by atoms with Crippen LogP contribution in [0.25, 0.3) is 0 Å². The minimum absolute atomic E-state index is 0.0706. The van der Waals surface area contributed by atoms with E-state index in [4.69, 9.17) is 0 Å². The molecule has 4 heteroatoms. The van der Waals surface area contributed by atoms with Gasteiger partial charge < -0.3 is 10.6 Å². The minimum Gasteiger partial charge on any atom is -0.348 e. The second-order valence-corrected chi connectivity index (χ2v) is 6.30. The Hall–Kier alpha value is -2.36. The van der Waals surface area contributed by atoms with Gasteiger partial charge in [-0.05, 0) is 67.4 Å². The van der Waals surface area contributed by atoms with Crippen LogP contribution in [0.15, 0.2) is 48.6 Å². The zero-order chi connectivity index (χ0) is 16.1. The standard InChI is InChI=1S/C19H22N2O2/c22-18(10-8-14-4-5-14)20-13-16-2-1-3-17(12-16)21-19(23)11-9-15-6-7-15/h1-3,8-12,14-15H,4-7,13H2,(H,20,22)(H,21,23)/b10-8-,11-9+. The molecule has 0 aromatic heterocycles. The molecule has 0 unspecified atom stereocenters. The zero-order valence-electron chi connectivity index (χ0n) is 13.1. The van der Waals surface area contributed by atoms with Crippen molar-refractivity contribution in [1.29, 1.82) is 0 Å². The first kappa shape index (κ1) is 15.5. The van der Waals surface area contributed by atoms with Crippen LogP contribution in [0.2, 0.25) is 0 Å². The third-order valence-electron chi connectivity index (χ3n) is 3.94. The Balaban J connectivity index is 1.47. The molecule has 2 saturated carbocycles. The molecule has 2 aliphatic carbocycles. The molecular weight excluding hydrogens is 288 g/mol. The van der Waals surface area contributed by atoms with Crippen molar-refractivity contribution in [3.8, 4) is 0 Å². The Bertz CT molecular complexity index is 641. The first-order chi connectivity index (χ1) is 11.2. The number of allylic oxidation sites excluding steroid dienone is 2. The van der Waals surface area contributed by atoms with Gasteiger partial charge in [0.15, 0.2) is 0 Å². The van der Waals surface area contributed by atoms with Gasteiger partial charge in [-0.3, -0.25) is 9.59 Å². The summed E-state index contributed by atoms with van der Waals surface area (Å²) in [7, 11) is 0. The summed E-state index contributed by atoms with van der Waals surface area (Å²) in [5, 5.41) is 5.71. The summed E-state index contributed by atoms with van der Waals surface area (Å²) in [6.45, 7) is 0.454. The summed E-state index contributed by atoms with van der Waals surface area (Å²) in [5.74, 6) is 1.01. The van der Waals surface area contributed by atoms with Crippen molar-refractivity contribution in [3.05, 3.63) is 54.1 Å². The fraction of sp³-hybridized carbons (Fsp3) is 0.368. The van der Waals surface area contributed by atoms with Crippen molar-refractivity contribution in [1.82, 2.24) is 5.32 Å². The molecule has 2 N–H and O–H groups in total. The molecule has 1 aromatic carbocycles. The van der Waals surface area contributed by atoms with Crippen LogP contribution in [0.1, 0.15) is 31.2 Å². The van der Waals surface area contributed by atoms with Crippen molar-refractivity contribution in [2.45, 2.75) is 32.2 Å². The molecule has 1 aromatic rings. The lowest BCUT2D eigenvalue weighted by molar-refractivity contribution is -0.116. The third kappa shape index (κ3) is 5.74. The van der Waals surface area contributed by atoms with E-state index in [9.17, 15) is 9.59 Å². The Kier molecular flexibility index (Phi) is 4.91. The molecule has 2 fully saturated rings. The average molecular weight is 310 g/mol. The predicted octanol–water partition coefficient (Wildman–Crippen LogP) is 3.17. The number of hydrogen-bond acceptors (Lipinski definition) is 2. The van der Waals surface area contributed by atoms with Crippen molar-refractivity contribution < 1.29 is 9.59 Å². The normalized spacial score (nSPS) is 17.6. The lowest BCUT2D eigenvalue weighted by atomic mass is 10.2. The van der Waals surface area contributed by atoms with Crippen molar-refractivity contribution >= 4 is 17.5 Å². The highest BCUT2D eigenvalue weighted by atomic mass is 16.2. The molecule has 0 bridgehead atoms. The molecule has 0 radical (unpaired) electrons. The summed E-state index contributed by atoms with van der Waals surface area (Å²) >= 11 is 0. The SMILES string of the molecule is O=C(/C=C\C1CC1)NCc1cccc(NC(=O)/C=C/C2CC2)c1. The summed E-state index contributed by atoms with van der Waals surface area (Å²) in [6, 6.07) is 7.54. The largest absolute Gasteiger partial charge is 0.348 e. The highest BCUT2D eigenvalue weighted by molar-refractivity contribution is 5.99. The molecule has 0 spiro atoms. The van der Waals surface area contributed by atoms with Gasteiger partial charge in [0.05, 0.1) is 0 Å². The number of nitrogens with one attached hydrogen (secondary N) is 2. The summed E-state index contributed by atoms with van der Waals surface area (Å²) in [5.41, 5.74) is 1.71. The number of rotatable bonds is 7. The maximum Gasteiger partial charge on any atom is 0.248 e. The van der Waals surface area contributed by atoms with Gasteiger partial charge in [-0.1, -0.05) is 24.3 Å². The van der Waals surface area contributed by atoms with Gasteiger partial charge in [-0.15, -0.1) is 0 Å². The lowest BCUT2D eigenvalue weighted by Gasteiger charge is -2.06. The Morgan fingerprint density at radius 2 is 1.65 bits per heavy atom. The minimum atomic E-state index is -0.106. The van der Waals surface area contributed by atoms with Crippen molar-refractivity contribution in [2.75, 3.05) is 5.32 Å². The van der Waals surface area contributed by atoms with E-state index in [1.165, 1.54) is 25.7 Å². The second kappa shape index (κ2) is 7.27. The maximum absolute atomic E-state index is 11.8. The van der Waals surface area contributed by atoms with Crippen LogP contribution in [-0.2, 0) is 16.1 Å². The van der Waals surface area contributed by atoms with Crippen LogP contribution in [0.3, 0.4) is 0 Å². The number of carbonyl (C=O) groups excluding carboxylic acids is 2. The molecule has 0 heterocycles. The summed E-state index contributed by atoms with van der Waals surface area (Å²) in [6.07, 6.45) is 11.9. The fourth-order valence-electron chi connectivity index (χ4n) is 2.22. The number of hydrogen-bond donors (Lipinski definition) is 2. The van der Waals surface area contributed by atoms with Gasteiger partial charge in [0.2, 0.25) is 11.8 Å². The average Bonchev–Trinajstić information content (AvgIpc) is 3.44. The smallest absolute Gasteiger partial charge is 0.248 e. The first-order valence-corrected chi connectivity index (χ1v) is 8.23. The maximum atomic E-state index is 11.8. The molecular formula is C19H22N2O2. The van der Waals surface area contributed by atoms with Gasteiger partial charge in [0.1, 0.15) is 0 Å². The topological polar surface area (TPSA) is 58.2 Å². The zero-order valence-corrected chi connectivity index (χ0v) is 13.1. The van der Waals surface area contributed by atoms with Gasteiger partial charge in [0, 0.05) is 12.2 Å². The van der Waals surface area contributed by atoms with Gasteiger partial charge in [-0.25, -0.2) is 0 Å². The van der Waals surface area contributed by atoms with E-state index in [1.807, 2.05) is 36.4 Å². The number of anilines is 1. The first-order valence-electron chi connectivity index (χ1n) is 8.23. The molecule has 0 aliphatic heterocycles. The van der Waals surface area contributed by atoms with Crippen molar-refractivity contribution in [2.24, 2.45) is 11.8 Å². The quantitative estimate of drug-likeness (QED) is 0.760. The van der Waals surface area contributed by atoms with E-state index >= 15 is 0 Å². The van der Waals surface area contributed by atoms with Crippen LogP contribution in [0.4, 0.5) is 5.69 Å². The highest BCUT2D eigenvalue weighted by Crippen LogP contribution is 2.30. The molecule has 3 rings (SSSR count). The van der Waals surface area contributed by atoms with E-state index < -0.39 is 0 Å². The predicted molar refractivity (Wildman–Crippen MR) is 90.6 cm³/mol. The molecule has 0 saturated heterocycles. The Labute approximate surface area is 136 Å². The monoisotopic (exact) mass is 310 g/mol. The number of benzene rings is 1. The summed E-state index contributed by atoms with van der Waals surface area (Å²) in [4.78, 5) is 23.5. The Morgan fingerprint density at radius 1 is 1.00 bits per heavy atom. The van der Waals surface area contributed by atoms with Crippen LogP contribution >= 0.6 is 0 Å². The van der Waals surface area contributed by atoms with Crippen LogP contribution in [-0.4, -0.2) is 11.8 Å². The summed E-state index contributed by atoms with van der Waals surface area (Å²) < 4.78 is 0.